The topological polar surface area (TPSA) is 50.4 Å². The smallest absolute Gasteiger partial charge is 0.258 e. The van der Waals surface area contributed by atoms with Crippen molar-refractivity contribution in [3.63, 3.8) is 0 Å². The van der Waals surface area contributed by atoms with Gasteiger partial charge in [0.25, 0.3) is 5.91 Å². The van der Waals surface area contributed by atoms with Crippen molar-refractivity contribution in [1.29, 1.82) is 0 Å². The van der Waals surface area contributed by atoms with Crippen molar-refractivity contribution in [2.24, 2.45) is 0 Å². The number of carbonyl (C=O) groups is 1. The highest BCUT2D eigenvalue weighted by molar-refractivity contribution is 5.77. The molecule has 1 aromatic rings. The summed E-state index contributed by atoms with van der Waals surface area (Å²) in [6, 6.07) is 7.98. The van der Waals surface area contributed by atoms with Crippen LogP contribution in [0, 0.1) is 0 Å². The van der Waals surface area contributed by atoms with Crippen LogP contribution in [0.1, 0.15) is 45.1 Å². The lowest BCUT2D eigenvalue weighted by Crippen LogP contribution is -2.36. The van der Waals surface area contributed by atoms with E-state index in [1.807, 2.05) is 38.2 Å². The molecule has 2 N–H and O–H groups in total. The van der Waals surface area contributed by atoms with E-state index >= 15 is 0 Å². The zero-order valence-electron chi connectivity index (χ0n) is 13.4. The van der Waals surface area contributed by atoms with Crippen LogP contribution in [0.5, 0.6) is 5.75 Å². The molecule has 1 amide bonds. The van der Waals surface area contributed by atoms with E-state index in [1.54, 1.807) is 0 Å². The Bertz CT molecular complexity index is 421. The number of unbranched alkanes of at least 4 members (excludes halogenated alkanes) is 2. The predicted octanol–water partition coefficient (Wildman–Crippen LogP) is 2.87. The molecule has 1 aromatic carbocycles. The molecule has 1 atom stereocenters. The third kappa shape index (κ3) is 7.14. The first-order valence-electron chi connectivity index (χ1n) is 7.82. The maximum Gasteiger partial charge on any atom is 0.258 e. The Morgan fingerprint density at radius 2 is 2.05 bits per heavy atom. The number of amides is 1. The van der Waals surface area contributed by atoms with Gasteiger partial charge in [-0.2, -0.15) is 0 Å². The van der Waals surface area contributed by atoms with Crippen LogP contribution in [0.3, 0.4) is 0 Å². The molecule has 0 fully saturated rings. The molecule has 118 valence electrons. The van der Waals surface area contributed by atoms with Gasteiger partial charge in [-0.3, -0.25) is 4.79 Å². The molecule has 0 aliphatic rings. The van der Waals surface area contributed by atoms with Crippen molar-refractivity contribution in [2.75, 3.05) is 13.7 Å². The molecule has 21 heavy (non-hydrogen) atoms. The number of benzene rings is 1. The SMILES string of the molecule is CCCCCC(C)NC(=O)COc1ccccc1CNC. The van der Waals surface area contributed by atoms with E-state index in [4.69, 9.17) is 4.74 Å². The average Bonchev–Trinajstić information content (AvgIpc) is 2.47. The van der Waals surface area contributed by atoms with E-state index in [9.17, 15) is 4.79 Å². The summed E-state index contributed by atoms with van der Waals surface area (Å²) in [6.45, 7) is 5.02. The van der Waals surface area contributed by atoms with Gasteiger partial charge in [0.15, 0.2) is 6.61 Å². The third-order valence-corrected chi connectivity index (χ3v) is 3.35. The average molecular weight is 292 g/mol. The number of hydrogen-bond acceptors (Lipinski definition) is 3. The van der Waals surface area contributed by atoms with Gasteiger partial charge >= 0.3 is 0 Å². The van der Waals surface area contributed by atoms with Crippen molar-refractivity contribution in [1.82, 2.24) is 10.6 Å². The summed E-state index contributed by atoms with van der Waals surface area (Å²) < 4.78 is 5.63. The lowest BCUT2D eigenvalue weighted by Gasteiger charge is -2.15. The molecule has 1 unspecified atom stereocenters. The first-order valence-corrected chi connectivity index (χ1v) is 7.82. The second kappa shape index (κ2) is 10.2. The largest absolute Gasteiger partial charge is 0.483 e. The van der Waals surface area contributed by atoms with Crippen molar-refractivity contribution < 1.29 is 9.53 Å². The maximum atomic E-state index is 11.9. The zero-order chi connectivity index (χ0) is 15.5. The fraction of sp³-hybridized carbons (Fsp3) is 0.588. The molecule has 1 rings (SSSR count). The van der Waals surface area contributed by atoms with Gasteiger partial charge in [0, 0.05) is 18.2 Å². The summed E-state index contributed by atoms with van der Waals surface area (Å²) in [4.78, 5) is 11.9. The second-order valence-corrected chi connectivity index (χ2v) is 5.39. The third-order valence-electron chi connectivity index (χ3n) is 3.35. The summed E-state index contributed by atoms with van der Waals surface area (Å²) >= 11 is 0. The van der Waals surface area contributed by atoms with E-state index in [1.165, 1.54) is 12.8 Å². The highest BCUT2D eigenvalue weighted by Crippen LogP contribution is 2.17. The maximum absolute atomic E-state index is 11.9. The van der Waals surface area contributed by atoms with E-state index < -0.39 is 0 Å². The van der Waals surface area contributed by atoms with Gasteiger partial charge in [0.2, 0.25) is 0 Å². The van der Waals surface area contributed by atoms with Gasteiger partial charge in [-0.05, 0) is 26.5 Å². The van der Waals surface area contributed by atoms with Crippen LogP contribution in [0.15, 0.2) is 24.3 Å². The van der Waals surface area contributed by atoms with Crippen LogP contribution in [0.2, 0.25) is 0 Å². The van der Waals surface area contributed by atoms with Crippen LogP contribution in [-0.4, -0.2) is 25.6 Å². The Hall–Kier alpha value is -1.55. The van der Waals surface area contributed by atoms with Crippen molar-refractivity contribution in [2.45, 2.75) is 52.1 Å². The zero-order valence-corrected chi connectivity index (χ0v) is 13.4. The lowest BCUT2D eigenvalue weighted by molar-refractivity contribution is -0.123. The van der Waals surface area contributed by atoms with E-state index in [2.05, 4.69) is 17.6 Å². The molecule has 4 heteroatoms. The minimum absolute atomic E-state index is 0.0572. The van der Waals surface area contributed by atoms with E-state index in [0.29, 0.717) is 0 Å². The monoisotopic (exact) mass is 292 g/mol. The standard InChI is InChI=1S/C17H28N2O2/c1-4-5-6-9-14(2)19-17(20)13-21-16-11-8-7-10-15(16)12-18-3/h7-8,10-11,14,18H,4-6,9,12-13H2,1-3H3,(H,19,20). The van der Waals surface area contributed by atoms with E-state index in [0.717, 1.165) is 30.7 Å². The first-order chi connectivity index (χ1) is 10.2. The molecule has 0 bridgehead atoms. The van der Waals surface area contributed by atoms with Gasteiger partial charge in [-0.15, -0.1) is 0 Å². The summed E-state index contributed by atoms with van der Waals surface area (Å²) in [6.07, 6.45) is 4.60. The summed E-state index contributed by atoms with van der Waals surface area (Å²) in [5.41, 5.74) is 1.06. The fourth-order valence-corrected chi connectivity index (χ4v) is 2.21. The highest BCUT2D eigenvalue weighted by atomic mass is 16.5. The van der Waals surface area contributed by atoms with Gasteiger partial charge in [0.05, 0.1) is 0 Å². The molecule has 0 radical (unpaired) electrons. The predicted molar refractivity (Wildman–Crippen MR) is 86.4 cm³/mol. The van der Waals surface area contributed by atoms with Crippen LogP contribution in [0.4, 0.5) is 0 Å². The molecular weight excluding hydrogens is 264 g/mol. The van der Waals surface area contributed by atoms with Gasteiger partial charge in [-0.1, -0.05) is 44.4 Å². The Morgan fingerprint density at radius 1 is 1.29 bits per heavy atom. The van der Waals surface area contributed by atoms with Crippen molar-refractivity contribution >= 4 is 5.91 Å². The molecule has 0 saturated heterocycles. The van der Waals surface area contributed by atoms with Crippen LogP contribution < -0.4 is 15.4 Å². The molecular formula is C17H28N2O2. The number of hydrogen-bond donors (Lipinski definition) is 2. The summed E-state index contributed by atoms with van der Waals surface area (Å²) in [5, 5.41) is 6.07. The Labute approximate surface area is 128 Å². The minimum atomic E-state index is -0.0572. The number of para-hydroxylation sites is 1. The minimum Gasteiger partial charge on any atom is -0.483 e. The Kier molecular flexibility index (Phi) is 8.51. The molecule has 0 heterocycles. The Morgan fingerprint density at radius 3 is 2.76 bits per heavy atom. The summed E-state index contributed by atoms with van der Waals surface area (Å²) in [5.74, 6) is 0.707. The van der Waals surface area contributed by atoms with Gasteiger partial charge < -0.3 is 15.4 Å². The number of carbonyl (C=O) groups excluding carboxylic acids is 1. The van der Waals surface area contributed by atoms with Crippen LogP contribution >= 0.6 is 0 Å². The van der Waals surface area contributed by atoms with Crippen molar-refractivity contribution in [3.8, 4) is 5.75 Å². The molecule has 0 aromatic heterocycles. The molecule has 0 aliphatic heterocycles. The quantitative estimate of drug-likeness (QED) is 0.652. The molecule has 4 nitrogen and oxygen atoms in total. The lowest BCUT2D eigenvalue weighted by atomic mass is 10.1. The second-order valence-electron chi connectivity index (χ2n) is 5.39. The highest BCUT2D eigenvalue weighted by Gasteiger charge is 2.09. The van der Waals surface area contributed by atoms with Crippen LogP contribution in [0.25, 0.3) is 0 Å². The number of nitrogens with one attached hydrogen (secondary N) is 2. The number of rotatable bonds is 10. The Balaban J connectivity index is 2.35. The van der Waals surface area contributed by atoms with E-state index in [-0.39, 0.29) is 18.6 Å². The first kappa shape index (κ1) is 17.5. The molecule has 0 aliphatic carbocycles. The van der Waals surface area contributed by atoms with Gasteiger partial charge in [0.1, 0.15) is 5.75 Å². The normalized spacial score (nSPS) is 12.0. The molecule has 0 spiro atoms. The fourth-order valence-electron chi connectivity index (χ4n) is 2.21. The van der Waals surface area contributed by atoms with Crippen molar-refractivity contribution in [3.05, 3.63) is 29.8 Å². The molecule has 0 saturated carbocycles. The van der Waals surface area contributed by atoms with Crippen LogP contribution in [-0.2, 0) is 11.3 Å². The number of ether oxygens (including phenoxy) is 1. The van der Waals surface area contributed by atoms with Gasteiger partial charge in [-0.25, -0.2) is 0 Å². The summed E-state index contributed by atoms with van der Waals surface area (Å²) in [7, 11) is 1.89.